The van der Waals surface area contributed by atoms with Crippen LogP contribution in [0.1, 0.15) is 60.7 Å². The molecule has 0 saturated carbocycles. The van der Waals surface area contributed by atoms with Crippen LogP contribution in [0, 0.1) is 0 Å². The lowest BCUT2D eigenvalue weighted by molar-refractivity contribution is -0.135. The van der Waals surface area contributed by atoms with Crippen molar-refractivity contribution in [2.45, 2.75) is 39.0 Å². The highest BCUT2D eigenvalue weighted by Gasteiger charge is 2.22. The molecule has 4 nitrogen and oxygen atoms in total. The van der Waals surface area contributed by atoms with Crippen LogP contribution >= 0.6 is 0 Å². The third-order valence-corrected chi connectivity index (χ3v) is 5.03. The number of hydrogen-bond donors (Lipinski definition) is 1. The highest BCUT2D eigenvalue weighted by molar-refractivity contribution is 6.09. The number of esters is 1. The van der Waals surface area contributed by atoms with E-state index in [4.69, 9.17) is 4.74 Å². The zero-order chi connectivity index (χ0) is 21.9. The van der Waals surface area contributed by atoms with Crippen molar-refractivity contribution in [2.24, 2.45) is 0 Å². The molecule has 3 rings (SSSR count). The third-order valence-electron chi connectivity index (χ3n) is 5.03. The Labute approximate surface area is 177 Å². The average Bonchev–Trinajstić information content (AvgIpc) is 2.74. The number of carbonyl (C=O) groups is 2. The molecule has 0 bridgehead atoms. The van der Waals surface area contributed by atoms with Gasteiger partial charge in [0.05, 0.1) is 5.92 Å². The van der Waals surface area contributed by atoms with Crippen LogP contribution in [0.15, 0.2) is 72.8 Å². The minimum Gasteiger partial charge on any atom is -0.508 e. The largest absolute Gasteiger partial charge is 0.508 e. The number of ketones is 1. The van der Waals surface area contributed by atoms with E-state index in [0.29, 0.717) is 28.0 Å². The van der Waals surface area contributed by atoms with Crippen molar-refractivity contribution in [3.63, 3.8) is 0 Å². The highest BCUT2D eigenvalue weighted by Crippen LogP contribution is 2.34. The van der Waals surface area contributed by atoms with E-state index in [9.17, 15) is 14.7 Å². The first-order valence-corrected chi connectivity index (χ1v) is 9.91. The predicted octanol–water partition coefficient (Wildman–Crippen LogP) is 5.63. The van der Waals surface area contributed by atoms with Gasteiger partial charge in [0.25, 0.3) is 0 Å². The van der Waals surface area contributed by atoms with E-state index in [2.05, 4.69) is 0 Å². The van der Waals surface area contributed by atoms with Crippen LogP contribution in [0.3, 0.4) is 0 Å². The standard InChI is InChI=1S/C26H26O4/c1-17(25(29)30-21-13-14-23(27)22(16-21)26(2,3)4)19-11-8-12-20(15-19)24(28)18-9-6-5-7-10-18/h5-17,27H,1-4H3/t17-/m0/s1. The maximum atomic E-state index is 12.7. The molecule has 154 valence electrons. The van der Waals surface area contributed by atoms with Gasteiger partial charge in [0.1, 0.15) is 11.5 Å². The summed E-state index contributed by atoms with van der Waals surface area (Å²) in [7, 11) is 0. The number of carbonyl (C=O) groups excluding carboxylic acids is 2. The fraction of sp³-hybridized carbons (Fsp3) is 0.231. The number of phenolic OH excluding ortho intramolecular Hbond substituents is 1. The van der Waals surface area contributed by atoms with Crippen LogP contribution in [0.2, 0.25) is 0 Å². The van der Waals surface area contributed by atoms with Gasteiger partial charge in [-0.1, -0.05) is 69.3 Å². The van der Waals surface area contributed by atoms with Gasteiger partial charge in [-0.25, -0.2) is 0 Å². The van der Waals surface area contributed by atoms with E-state index in [0.717, 1.165) is 0 Å². The Balaban J connectivity index is 1.80. The summed E-state index contributed by atoms with van der Waals surface area (Å²) in [6.07, 6.45) is 0. The Morgan fingerprint density at radius 3 is 2.20 bits per heavy atom. The summed E-state index contributed by atoms with van der Waals surface area (Å²) in [5.74, 6) is -0.523. The molecule has 4 heteroatoms. The Hall–Kier alpha value is -3.40. The summed E-state index contributed by atoms with van der Waals surface area (Å²) in [6.45, 7) is 7.68. The van der Waals surface area contributed by atoms with Crippen molar-refractivity contribution in [3.8, 4) is 11.5 Å². The average molecular weight is 402 g/mol. The lowest BCUT2D eigenvalue weighted by atomic mass is 9.86. The first-order chi connectivity index (χ1) is 14.2. The SMILES string of the molecule is C[C@H](C(=O)Oc1ccc(O)c(C(C)(C)C)c1)c1cccc(C(=O)c2ccccc2)c1. The second kappa shape index (κ2) is 8.54. The third kappa shape index (κ3) is 4.77. The molecule has 0 spiro atoms. The summed E-state index contributed by atoms with van der Waals surface area (Å²) in [5, 5.41) is 10.1. The van der Waals surface area contributed by atoms with E-state index in [1.54, 1.807) is 49.4 Å². The molecule has 0 aliphatic carbocycles. The summed E-state index contributed by atoms with van der Waals surface area (Å²) in [4.78, 5) is 25.4. The molecule has 0 saturated heterocycles. The number of hydrogen-bond acceptors (Lipinski definition) is 4. The van der Waals surface area contributed by atoms with Gasteiger partial charge in [0.15, 0.2) is 5.78 Å². The lowest BCUT2D eigenvalue weighted by Gasteiger charge is -2.21. The first kappa shape index (κ1) is 21.3. The van der Waals surface area contributed by atoms with Crippen LogP contribution in [-0.2, 0) is 10.2 Å². The number of phenols is 1. The van der Waals surface area contributed by atoms with Gasteiger partial charge < -0.3 is 9.84 Å². The van der Waals surface area contributed by atoms with Crippen molar-refractivity contribution in [3.05, 3.63) is 95.1 Å². The quantitative estimate of drug-likeness (QED) is 0.341. The van der Waals surface area contributed by atoms with Crippen LogP contribution in [0.25, 0.3) is 0 Å². The van der Waals surface area contributed by atoms with Gasteiger partial charge in [-0.2, -0.15) is 0 Å². The monoisotopic (exact) mass is 402 g/mol. The molecule has 0 unspecified atom stereocenters. The summed E-state index contributed by atoms with van der Waals surface area (Å²) < 4.78 is 5.57. The zero-order valence-corrected chi connectivity index (χ0v) is 17.7. The van der Waals surface area contributed by atoms with E-state index < -0.39 is 11.9 Å². The Morgan fingerprint density at radius 1 is 0.867 bits per heavy atom. The van der Waals surface area contributed by atoms with Crippen molar-refractivity contribution in [2.75, 3.05) is 0 Å². The van der Waals surface area contributed by atoms with Gasteiger partial charge in [-0.15, -0.1) is 0 Å². The molecule has 0 aliphatic heterocycles. The van der Waals surface area contributed by atoms with Crippen molar-refractivity contribution >= 4 is 11.8 Å². The number of ether oxygens (including phenoxy) is 1. The van der Waals surface area contributed by atoms with Crippen molar-refractivity contribution in [1.82, 2.24) is 0 Å². The fourth-order valence-corrected chi connectivity index (χ4v) is 3.23. The summed E-state index contributed by atoms with van der Waals surface area (Å²) in [6, 6.07) is 20.9. The lowest BCUT2D eigenvalue weighted by Crippen LogP contribution is -2.17. The molecule has 1 atom stereocenters. The Bertz CT molecular complexity index is 1060. The topological polar surface area (TPSA) is 63.6 Å². The zero-order valence-electron chi connectivity index (χ0n) is 17.7. The normalized spacial score (nSPS) is 12.3. The predicted molar refractivity (Wildman–Crippen MR) is 117 cm³/mol. The maximum absolute atomic E-state index is 12.7. The minimum atomic E-state index is -0.555. The highest BCUT2D eigenvalue weighted by atomic mass is 16.5. The van der Waals surface area contributed by atoms with Crippen molar-refractivity contribution < 1.29 is 19.4 Å². The first-order valence-electron chi connectivity index (χ1n) is 9.91. The molecule has 3 aromatic rings. The van der Waals surface area contributed by atoms with E-state index in [1.165, 1.54) is 6.07 Å². The molecular weight excluding hydrogens is 376 g/mol. The van der Waals surface area contributed by atoms with Crippen molar-refractivity contribution in [1.29, 1.82) is 0 Å². The Kier molecular flexibility index (Phi) is 6.06. The smallest absolute Gasteiger partial charge is 0.318 e. The molecule has 30 heavy (non-hydrogen) atoms. The molecule has 0 fully saturated rings. The number of aromatic hydroxyl groups is 1. The molecule has 3 aromatic carbocycles. The summed E-state index contributed by atoms with van der Waals surface area (Å²) >= 11 is 0. The Morgan fingerprint density at radius 2 is 1.53 bits per heavy atom. The van der Waals surface area contributed by atoms with E-state index >= 15 is 0 Å². The summed E-state index contributed by atoms with van der Waals surface area (Å²) in [5.41, 5.74) is 2.25. The molecular formula is C26H26O4. The molecule has 0 amide bonds. The second-order valence-electron chi connectivity index (χ2n) is 8.39. The molecule has 0 aromatic heterocycles. The van der Waals surface area contributed by atoms with Gasteiger partial charge in [0, 0.05) is 16.7 Å². The van der Waals surface area contributed by atoms with Gasteiger partial charge >= 0.3 is 5.97 Å². The van der Waals surface area contributed by atoms with E-state index in [-0.39, 0.29) is 16.9 Å². The van der Waals surface area contributed by atoms with Crippen LogP contribution in [0.4, 0.5) is 0 Å². The second-order valence-corrected chi connectivity index (χ2v) is 8.39. The number of benzene rings is 3. The van der Waals surface area contributed by atoms with Crippen LogP contribution < -0.4 is 4.74 Å². The molecule has 1 N–H and O–H groups in total. The molecule has 0 heterocycles. The molecule has 0 radical (unpaired) electrons. The van der Waals surface area contributed by atoms with Gasteiger partial charge in [-0.05, 0) is 42.2 Å². The molecule has 0 aliphatic rings. The van der Waals surface area contributed by atoms with Gasteiger partial charge in [-0.3, -0.25) is 9.59 Å². The number of rotatable bonds is 5. The van der Waals surface area contributed by atoms with Crippen LogP contribution in [0.5, 0.6) is 11.5 Å². The maximum Gasteiger partial charge on any atom is 0.318 e. The van der Waals surface area contributed by atoms with Crippen LogP contribution in [-0.4, -0.2) is 16.9 Å². The fourth-order valence-electron chi connectivity index (χ4n) is 3.23. The minimum absolute atomic E-state index is 0.0913. The van der Waals surface area contributed by atoms with E-state index in [1.807, 2.05) is 45.0 Å². The van der Waals surface area contributed by atoms with Gasteiger partial charge in [0.2, 0.25) is 0 Å².